The number of aromatic nitrogens is 2. The van der Waals surface area contributed by atoms with E-state index in [0.29, 0.717) is 5.75 Å². The van der Waals surface area contributed by atoms with Crippen molar-refractivity contribution in [2.75, 3.05) is 29.6 Å². The number of hydrogen-bond donors (Lipinski definition) is 2. The zero-order valence-electron chi connectivity index (χ0n) is 10.8. The molecule has 17 heavy (non-hydrogen) atoms. The molecule has 1 aromatic rings. The second-order valence-corrected chi connectivity index (χ2v) is 5.69. The van der Waals surface area contributed by atoms with Gasteiger partial charge in [-0.3, -0.25) is 8.89 Å². The molecule has 1 aromatic heterocycles. The fraction of sp³-hybridized carbons (Fsp3) is 0.727. The predicted octanol–water partition coefficient (Wildman–Crippen LogP) is 1.14. The molecule has 0 spiro atoms. The van der Waals surface area contributed by atoms with Crippen molar-refractivity contribution in [3.05, 3.63) is 5.69 Å². The third-order valence-corrected chi connectivity index (χ3v) is 3.41. The fourth-order valence-corrected chi connectivity index (χ4v) is 2.26. The monoisotopic (exact) mass is 258 g/mol. The Morgan fingerprint density at radius 1 is 1.53 bits per heavy atom. The van der Waals surface area contributed by atoms with E-state index >= 15 is 0 Å². The van der Waals surface area contributed by atoms with Crippen molar-refractivity contribution in [3.8, 4) is 0 Å². The zero-order chi connectivity index (χ0) is 12.8. The Morgan fingerprint density at radius 2 is 2.24 bits per heavy atom. The molecule has 0 amide bonds. The molecule has 0 aliphatic heterocycles. The van der Waals surface area contributed by atoms with Gasteiger partial charge in [-0.1, -0.05) is 13.3 Å². The van der Waals surface area contributed by atoms with E-state index in [-0.39, 0.29) is 0 Å². The Bertz CT molecular complexity index is 389. The topological polar surface area (TPSA) is 72.9 Å². The molecular formula is C11H22N4OS. The number of aryl methyl sites for hydroxylation is 2. The van der Waals surface area contributed by atoms with Crippen LogP contribution in [0.5, 0.6) is 0 Å². The first-order valence-corrected chi connectivity index (χ1v) is 7.64. The molecule has 0 aromatic carbocycles. The molecule has 0 aliphatic carbocycles. The quantitative estimate of drug-likeness (QED) is 0.719. The van der Waals surface area contributed by atoms with E-state index in [1.165, 1.54) is 0 Å². The van der Waals surface area contributed by atoms with E-state index in [1.54, 1.807) is 10.9 Å². The van der Waals surface area contributed by atoms with Gasteiger partial charge in [-0.15, -0.1) is 0 Å². The van der Waals surface area contributed by atoms with Crippen molar-refractivity contribution < 1.29 is 4.21 Å². The van der Waals surface area contributed by atoms with Gasteiger partial charge in [0.25, 0.3) is 0 Å². The molecule has 0 saturated heterocycles. The predicted molar refractivity (Wildman–Crippen MR) is 73.7 cm³/mol. The van der Waals surface area contributed by atoms with Crippen LogP contribution in [0.2, 0.25) is 0 Å². The molecule has 0 fully saturated rings. The summed E-state index contributed by atoms with van der Waals surface area (Å²) in [5.74, 6) is 1.59. The van der Waals surface area contributed by atoms with Gasteiger partial charge in [-0.25, -0.2) is 0 Å². The first kappa shape index (κ1) is 14.0. The van der Waals surface area contributed by atoms with Crippen LogP contribution in [0.4, 0.5) is 11.5 Å². The fourth-order valence-electron chi connectivity index (χ4n) is 1.71. The van der Waals surface area contributed by atoms with Crippen LogP contribution in [0.1, 0.15) is 25.5 Å². The van der Waals surface area contributed by atoms with Gasteiger partial charge in [0.15, 0.2) is 0 Å². The van der Waals surface area contributed by atoms with Gasteiger partial charge < -0.3 is 11.1 Å². The minimum absolute atomic E-state index is 0.715. The Kier molecular flexibility index (Phi) is 5.47. The summed E-state index contributed by atoms with van der Waals surface area (Å²) in [5.41, 5.74) is 7.72. The Morgan fingerprint density at radius 3 is 2.82 bits per heavy atom. The molecule has 6 heteroatoms. The molecule has 5 nitrogen and oxygen atoms in total. The van der Waals surface area contributed by atoms with Crippen LogP contribution in [0.3, 0.4) is 0 Å². The Labute approximate surface area is 105 Å². The van der Waals surface area contributed by atoms with Gasteiger partial charge in [-0.05, 0) is 12.8 Å². The summed E-state index contributed by atoms with van der Waals surface area (Å²) < 4.78 is 12.7. The van der Waals surface area contributed by atoms with Gasteiger partial charge in [0.05, 0.1) is 11.4 Å². The number of nitrogens with two attached hydrogens (primary N) is 1. The number of nitrogens with zero attached hydrogens (tertiary/aromatic N) is 2. The lowest BCUT2D eigenvalue weighted by atomic mass is 10.2. The molecule has 1 heterocycles. The number of nitrogen functional groups attached to an aromatic ring is 1. The van der Waals surface area contributed by atoms with Crippen molar-refractivity contribution in [1.29, 1.82) is 0 Å². The highest BCUT2D eigenvalue weighted by Crippen LogP contribution is 2.22. The first-order valence-electron chi connectivity index (χ1n) is 5.91. The molecule has 0 bridgehead atoms. The Hall–Kier alpha value is -1.04. The highest BCUT2D eigenvalue weighted by molar-refractivity contribution is 7.84. The molecule has 98 valence electrons. The first-order chi connectivity index (χ1) is 8.06. The zero-order valence-corrected chi connectivity index (χ0v) is 11.6. The standard InChI is InChI=1S/C11H22N4OS/c1-4-6-9-10(12)11(15(2)14-9)13-7-5-8-17(3)16/h13H,4-8,12H2,1-3H3. The minimum atomic E-state index is -0.726. The summed E-state index contributed by atoms with van der Waals surface area (Å²) in [4.78, 5) is 0. The summed E-state index contributed by atoms with van der Waals surface area (Å²) >= 11 is 0. The molecule has 1 rings (SSSR count). The number of nitrogens with one attached hydrogen (secondary N) is 1. The van der Waals surface area contributed by atoms with Crippen LogP contribution in [-0.4, -0.2) is 32.5 Å². The van der Waals surface area contributed by atoms with E-state index in [4.69, 9.17) is 5.73 Å². The van der Waals surface area contributed by atoms with Crippen LogP contribution < -0.4 is 11.1 Å². The molecule has 1 atom stereocenters. The SMILES string of the molecule is CCCc1nn(C)c(NCCCS(C)=O)c1N. The van der Waals surface area contributed by atoms with Gasteiger partial charge in [0.2, 0.25) is 0 Å². The molecule has 3 N–H and O–H groups in total. The van der Waals surface area contributed by atoms with Crippen LogP contribution in [0.15, 0.2) is 0 Å². The lowest BCUT2D eigenvalue weighted by molar-refractivity contribution is 0.684. The normalized spacial score (nSPS) is 12.6. The second kappa shape index (κ2) is 6.64. The van der Waals surface area contributed by atoms with E-state index in [9.17, 15) is 4.21 Å². The third kappa shape index (κ3) is 4.03. The summed E-state index contributed by atoms with van der Waals surface area (Å²) in [5, 5.41) is 7.64. The second-order valence-electron chi connectivity index (χ2n) is 4.14. The number of hydrogen-bond acceptors (Lipinski definition) is 4. The minimum Gasteiger partial charge on any atom is -0.394 e. The van der Waals surface area contributed by atoms with Crippen LogP contribution in [-0.2, 0) is 24.3 Å². The van der Waals surface area contributed by atoms with Gasteiger partial charge in [-0.2, -0.15) is 5.10 Å². The molecule has 1 unspecified atom stereocenters. The van der Waals surface area contributed by atoms with Crippen molar-refractivity contribution in [3.63, 3.8) is 0 Å². The highest BCUT2D eigenvalue weighted by atomic mass is 32.2. The van der Waals surface area contributed by atoms with Crippen LogP contribution >= 0.6 is 0 Å². The third-order valence-electron chi connectivity index (χ3n) is 2.55. The summed E-state index contributed by atoms with van der Waals surface area (Å²) in [7, 11) is 1.16. The van der Waals surface area contributed by atoms with Crippen molar-refractivity contribution >= 4 is 22.3 Å². The Balaban J connectivity index is 2.55. The molecule has 0 aliphatic rings. The van der Waals surface area contributed by atoms with E-state index in [2.05, 4.69) is 17.3 Å². The highest BCUT2D eigenvalue weighted by Gasteiger charge is 2.11. The molecule has 0 saturated carbocycles. The van der Waals surface area contributed by atoms with E-state index in [0.717, 1.165) is 43.0 Å². The summed E-state index contributed by atoms with van der Waals surface area (Å²) in [6.45, 7) is 2.88. The average molecular weight is 258 g/mol. The van der Waals surface area contributed by atoms with Gasteiger partial charge in [0.1, 0.15) is 5.82 Å². The largest absolute Gasteiger partial charge is 0.394 e. The average Bonchev–Trinajstić information content (AvgIpc) is 2.51. The lowest BCUT2D eigenvalue weighted by Crippen LogP contribution is -2.10. The van der Waals surface area contributed by atoms with E-state index < -0.39 is 10.8 Å². The smallest absolute Gasteiger partial charge is 0.147 e. The number of rotatable bonds is 7. The van der Waals surface area contributed by atoms with Crippen molar-refractivity contribution in [2.24, 2.45) is 7.05 Å². The summed E-state index contributed by atoms with van der Waals surface area (Å²) in [6.07, 6.45) is 4.53. The maximum atomic E-state index is 10.9. The van der Waals surface area contributed by atoms with Crippen molar-refractivity contribution in [2.45, 2.75) is 26.2 Å². The maximum Gasteiger partial charge on any atom is 0.147 e. The van der Waals surface area contributed by atoms with Gasteiger partial charge >= 0.3 is 0 Å². The van der Waals surface area contributed by atoms with Crippen molar-refractivity contribution in [1.82, 2.24) is 9.78 Å². The number of anilines is 2. The molecular weight excluding hydrogens is 236 g/mol. The van der Waals surface area contributed by atoms with E-state index in [1.807, 2.05) is 7.05 Å². The van der Waals surface area contributed by atoms with Gasteiger partial charge in [0, 0.05) is 36.4 Å². The maximum absolute atomic E-state index is 10.9. The lowest BCUT2D eigenvalue weighted by Gasteiger charge is -2.06. The van der Waals surface area contributed by atoms with Crippen LogP contribution in [0.25, 0.3) is 0 Å². The summed E-state index contributed by atoms with van der Waals surface area (Å²) in [6, 6.07) is 0. The molecule has 0 radical (unpaired) electrons. The van der Waals surface area contributed by atoms with Crippen LogP contribution in [0, 0.1) is 0 Å².